The Labute approximate surface area is 317 Å². The van der Waals surface area contributed by atoms with E-state index < -0.39 is 12.2 Å². The molecule has 6 rings (SSSR count). The highest BCUT2D eigenvalue weighted by atomic mass is 16.7. The number of unbranched alkanes of at least 4 members (excludes halogenated alkanes) is 2. The molecular weight excluding hydrogens is 686 g/mol. The summed E-state index contributed by atoms with van der Waals surface area (Å²) in [6.45, 7) is 2.83. The van der Waals surface area contributed by atoms with E-state index in [-0.39, 0.29) is 31.1 Å². The van der Waals surface area contributed by atoms with Crippen LogP contribution in [0.15, 0.2) is 84.9 Å². The van der Waals surface area contributed by atoms with Gasteiger partial charge in [0.1, 0.15) is 0 Å². The lowest BCUT2D eigenvalue weighted by molar-refractivity contribution is -0.253. The van der Waals surface area contributed by atoms with Crippen molar-refractivity contribution in [2.75, 3.05) is 27.3 Å². The minimum atomic E-state index is -0.575. The molecule has 286 valence electrons. The van der Waals surface area contributed by atoms with Gasteiger partial charge in [0.15, 0.2) is 17.8 Å². The Morgan fingerprint density at radius 3 is 2.22 bits per heavy atom. The molecule has 4 aromatic carbocycles. The number of rotatable bonds is 16. The first kappa shape index (κ1) is 38.9. The van der Waals surface area contributed by atoms with Gasteiger partial charge in [-0.25, -0.2) is 5.48 Å². The molecule has 1 fully saturated rings. The highest BCUT2D eigenvalue weighted by Crippen LogP contribution is 2.40. The van der Waals surface area contributed by atoms with Gasteiger partial charge >= 0.3 is 0 Å². The third kappa shape index (κ3) is 10.0. The summed E-state index contributed by atoms with van der Waals surface area (Å²) < 4.78 is 24.5. The fourth-order valence-corrected chi connectivity index (χ4v) is 7.28. The van der Waals surface area contributed by atoms with Gasteiger partial charge in [-0.1, -0.05) is 79.2 Å². The summed E-state index contributed by atoms with van der Waals surface area (Å²) in [5.41, 5.74) is 10.0. The number of hydrogen-bond donors (Lipinski definition) is 4. The molecule has 0 saturated carbocycles. The van der Waals surface area contributed by atoms with Crippen LogP contribution in [0.25, 0.3) is 11.1 Å². The molecule has 0 unspecified atom stereocenters. The number of amides is 2. The molecular formula is C43H51N3O8. The predicted octanol–water partition coefficient (Wildman–Crippen LogP) is 6.54. The van der Waals surface area contributed by atoms with Crippen molar-refractivity contribution >= 4 is 11.8 Å². The van der Waals surface area contributed by atoms with E-state index in [1.807, 2.05) is 42.5 Å². The fourth-order valence-electron chi connectivity index (χ4n) is 7.28. The topological polar surface area (TPSA) is 139 Å². The van der Waals surface area contributed by atoms with E-state index in [1.54, 1.807) is 19.7 Å². The van der Waals surface area contributed by atoms with E-state index in [0.29, 0.717) is 32.2 Å². The van der Waals surface area contributed by atoms with Gasteiger partial charge < -0.3 is 29.4 Å². The largest absolute Gasteiger partial charge is 0.493 e. The number of methoxy groups -OCH3 is 2. The number of carbonyl (C=O) groups is 2. The van der Waals surface area contributed by atoms with E-state index >= 15 is 0 Å². The second-order valence-corrected chi connectivity index (χ2v) is 14.0. The van der Waals surface area contributed by atoms with Crippen LogP contribution in [0.4, 0.5) is 0 Å². The Bertz CT molecular complexity index is 1850. The van der Waals surface area contributed by atoms with Crippen molar-refractivity contribution < 1.29 is 38.9 Å². The maximum atomic E-state index is 12.6. The van der Waals surface area contributed by atoms with Crippen molar-refractivity contribution in [1.29, 1.82) is 0 Å². The minimum absolute atomic E-state index is 0.00977. The summed E-state index contributed by atoms with van der Waals surface area (Å²) in [4.78, 5) is 26.2. The Morgan fingerprint density at radius 1 is 0.833 bits per heavy atom. The lowest BCUT2D eigenvalue weighted by Crippen LogP contribution is -2.41. The summed E-state index contributed by atoms with van der Waals surface area (Å²) in [5, 5.41) is 21.3. The van der Waals surface area contributed by atoms with E-state index in [4.69, 9.17) is 24.2 Å². The first-order valence-corrected chi connectivity index (χ1v) is 18.7. The third-order valence-electron chi connectivity index (χ3n) is 10.3. The van der Waals surface area contributed by atoms with Crippen LogP contribution < -0.4 is 20.3 Å². The summed E-state index contributed by atoms with van der Waals surface area (Å²) in [5.74, 6) is 1.04. The Morgan fingerprint density at radius 2 is 1.52 bits per heavy atom. The van der Waals surface area contributed by atoms with Crippen LogP contribution >= 0.6 is 0 Å². The summed E-state index contributed by atoms with van der Waals surface area (Å²) in [6.07, 6.45) is 3.40. The molecule has 1 saturated heterocycles. The van der Waals surface area contributed by atoms with Crippen LogP contribution in [-0.2, 0) is 45.2 Å². The zero-order valence-corrected chi connectivity index (χ0v) is 31.1. The number of ether oxygens (including phenoxy) is 4. The number of benzene rings is 4. The third-order valence-corrected chi connectivity index (χ3v) is 10.3. The van der Waals surface area contributed by atoms with E-state index in [2.05, 4.69) is 52.7 Å². The van der Waals surface area contributed by atoms with E-state index in [0.717, 1.165) is 77.4 Å². The molecule has 54 heavy (non-hydrogen) atoms. The number of nitrogens with zero attached hydrogens (tertiary/aromatic N) is 1. The van der Waals surface area contributed by atoms with Crippen molar-refractivity contribution in [2.24, 2.45) is 0 Å². The first-order valence-electron chi connectivity index (χ1n) is 18.7. The van der Waals surface area contributed by atoms with Crippen LogP contribution in [0, 0.1) is 0 Å². The molecule has 3 atom stereocenters. The molecule has 11 heteroatoms. The molecule has 4 N–H and O–H groups in total. The van der Waals surface area contributed by atoms with Gasteiger partial charge in [0.25, 0.3) is 0 Å². The lowest BCUT2D eigenvalue weighted by atomic mass is 9.96. The molecule has 0 radical (unpaired) electrons. The molecule has 0 aromatic heterocycles. The zero-order valence-electron chi connectivity index (χ0n) is 31.1. The molecule has 0 spiro atoms. The number of aliphatic hydroxyl groups is 1. The average molecular weight is 738 g/mol. The van der Waals surface area contributed by atoms with Crippen molar-refractivity contribution in [3.05, 3.63) is 118 Å². The maximum Gasteiger partial charge on any atom is 0.243 e. The normalized spacial score (nSPS) is 18.4. The van der Waals surface area contributed by atoms with Crippen molar-refractivity contribution in [2.45, 2.75) is 83.1 Å². The number of hydroxylamine groups is 1. The number of hydrogen-bond acceptors (Lipinski definition) is 9. The van der Waals surface area contributed by atoms with Gasteiger partial charge in [-0.05, 0) is 70.3 Å². The second-order valence-electron chi connectivity index (χ2n) is 14.0. The number of fused-ring (bicyclic) bond motifs is 1. The first-order chi connectivity index (χ1) is 26.4. The lowest BCUT2D eigenvalue weighted by Gasteiger charge is -2.39. The van der Waals surface area contributed by atoms with Crippen LogP contribution in [0.2, 0.25) is 0 Å². The molecule has 2 aliphatic heterocycles. The van der Waals surface area contributed by atoms with Gasteiger partial charge in [0.05, 0.1) is 33.0 Å². The monoisotopic (exact) mass is 737 g/mol. The Balaban J connectivity index is 1.13. The predicted molar refractivity (Wildman–Crippen MR) is 204 cm³/mol. The maximum absolute atomic E-state index is 12.6. The number of aliphatic hydroxyl groups excluding tert-OH is 1. The quantitative estimate of drug-likeness (QED) is 0.0574. The Hall–Kier alpha value is -4.78. The average Bonchev–Trinajstić information content (AvgIpc) is 3.22. The van der Waals surface area contributed by atoms with Crippen LogP contribution in [-0.4, -0.2) is 60.4 Å². The fraction of sp³-hybridized carbons (Fsp3) is 0.395. The van der Waals surface area contributed by atoms with E-state index in [9.17, 15) is 14.7 Å². The molecule has 0 bridgehead atoms. The Kier molecular flexibility index (Phi) is 13.7. The standard InChI is InChI=1S/C43H51N3O8/c1-51-39-22-33-20-21-46(26-35(33)23-40(39)52-2)27-36-24-38(31-14-12-29(28-47)13-15-31)54-43(53-36)32-18-16-30(17-19-32)37-9-7-6-8-34(37)25-44-41(48)10-4-3-5-11-42(49)45-50/h6-9,12-19,22-23,36,38,43,47,50H,3-5,10-11,20-21,24-28H2,1-2H3,(H,44,48)(H,45,49)/t36-,38+,43+/m1/s1. The van der Waals surface area contributed by atoms with Crippen LogP contribution in [0.5, 0.6) is 11.5 Å². The van der Waals surface area contributed by atoms with Gasteiger partial charge in [-0.2, -0.15) is 0 Å². The highest BCUT2D eigenvalue weighted by Gasteiger charge is 2.34. The SMILES string of the molecule is COc1cc2c(cc1OC)CN(C[C@H]1C[C@@H](c3ccc(CO)cc3)O[C@@H](c3ccc(-c4ccccc4CNC(=O)CCCCCC(=O)NO)cc3)O1)CC2. The van der Waals surface area contributed by atoms with Gasteiger partial charge in [-0.3, -0.25) is 19.7 Å². The zero-order chi connectivity index (χ0) is 37.9. The molecule has 2 heterocycles. The van der Waals surface area contributed by atoms with Crippen molar-refractivity contribution in [1.82, 2.24) is 15.7 Å². The summed E-state index contributed by atoms with van der Waals surface area (Å²) >= 11 is 0. The van der Waals surface area contributed by atoms with Crippen LogP contribution in [0.1, 0.15) is 84.3 Å². The molecule has 4 aromatic rings. The molecule has 2 amide bonds. The van der Waals surface area contributed by atoms with Gasteiger partial charge in [0, 0.05) is 51.0 Å². The summed E-state index contributed by atoms with van der Waals surface area (Å²) in [6, 6.07) is 28.4. The highest BCUT2D eigenvalue weighted by molar-refractivity contribution is 5.76. The minimum Gasteiger partial charge on any atom is -0.493 e. The number of nitrogens with one attached hydrogen (secondary N) is 2. The summed E-state index contributed by atoms with van der Waals surface area (Å²) in [7, 11) is 3.33. The molecule has 11 nitrogen and oxygen atoms in total. The molecule has 0 aliphatic carbocycles. The van der Waals surface area contributed by atoms with Crippen molar-refractivity contribution in [3.63, 3.8) is 0 Å². The smallest absolute Gasteiger partial charge is 0.243 e. The van der Waals surface area contributed by atoms with E-state index in [1.165, 1.54) is 11.1 Å². The van der Waals surface area contributed by atoms with Crippen LogP contribution in [0.3, 0.4) is 0 Å². The molecule has 2 aliphatic rings. The van der Waals surface area contributed by atoms with Gasteiger partial charge in [0.2, 0.25) is 11.8 Å². The number of carbonyl (C=O) groups excluding carboxylic acids is 2. The van der Waals surface area contributed by atoms with Crippen molar-refractivity contribution in [3.8, 4) is 22.6 Å². The van der Waals surface area contributed by atoms with Gasteiger partial charge in [-0.15, -0.1) is 0 Å². The second kappa shape index (κ2) is 19.0.